The Kier molecular flexibility index (Phi) is 4.34. The molecule has 1 aliphatic rings. The molecule has 3 heterocycles. The van der Waals surface area contributed by atoms with E-state index in [0.717, 1.165) is 35.3 Å². The molecule has 3 aromatic rings. The van der Waals surface area contributed by atoms with Crippen LogP contribution in [0.25, 0.3) is 22.1 Å². The maximum Gasteiger partial charge on any atom is 0.407 e. The minimum absolute atomic E-state index is 0.0105. The van der Waals surface area contributed by atoms with Crippen LogP contribution in [0.15, 0.2) is 28.9 Å². The highest BCUT2D eigenvalue weighted by atomic mass is 35.5. The molecular formula is C19H21ClN4O3. The van der Waals surface area contributed by atoms with Crippen molar-refractivity contribution in [3.05, 3.63) is 29.5 Å². The van der Waals surface area contributed by atoms with Crippen LogP contribution in [0.2, 0.25) is 5.02 Å². The van der Waals surface area contributed by atoms with Gasteiger partial charge in [-0.15, -0.1) is 0 Å². The van der Waals surface area contributed by atoms with Gasteiger partial charge in [0, 0.05) is 23.5 Å². The Morgan fingerprint density at radius 1 is 1.37 bits per heavy atom. The molecule has 7 nitrogen and oxygen atoms in total. The van der Waals surface area contributed by atoms with Crippen LogP contribution in [0.3, 0.4) is 0 Å². The van der Waals surface area contributed by atoms with E-state index in [9.17, 15) is 4.79 Å². The van der Waals surface area contributed by atoms with Gasteiger partial charge in [0.25, 0.3) is 0 Å². The number of nitrogens with zero attached hydrogens (tertiary/aromatic N) is 3. The number of rotatable bonds is 2. The minimum atomic E-state index is -0.517. The van der Waals surface area contributed by atoms with Crippen LogP contribution in [0.5, 0.6) is 0 Å². The second-order valence-electron chi connectivity index (χ2n) is 7.70. The predicted octanol–water partition coefficient (Wildman–Crippen LogP) is 4.13. The molecule has 0 bridgehead atoms. The summed E-state index contributed by atoms with van der Waals surface area (Å²) in [4.78, 5) is 22.9. The summed E-state index contributed by atoms with van der Waals surface area (Å²) in [5.41, 5.74) is 1.57. The molecule has 1 unspecified atom stereocenters. The van der Waals surface area contributed by atoms with E-state index >= 15 is 0 Å². The highest BCUT2D eigenvalue weighted by molar-refractivity contribution is 6.31. The fourth-order valence-electron chi connectivity index (χ4n) is 3.31. The van der Waals surface area contributed by atoms with Gasteiger partial charge in [-0.25, -0.2) is 14.8 Å². The van der Waals surface area contributed by atoms with Crippen molar-refractivity contribution in [3.63, 3.8) is 0 Å². The van der Waals surface area contributed by atoms with E-state index in [4.69, 9.17) is 20.8 Å². The third kappa shape index (κ3) is 3.64. The molecule has 4 rings (SSSR count). The number of hydrogen-bond donors (Lipinski definition) is 1. The normalized spacial score (nSPS) is 17.6. The molecule has 1 aliphatic heterocycles. The van der Waals surface area contributed by atoms with Gasteiger partial charge in [-0.1, -0.05) is 11.6 Å². The number of benzene rings is 1. The topological polar surface area (TPSA) is 80.5 Å². The summed E-state index contributed by atoms with van der Waals surface area (Å²) in [5, 5.41) is 4.42. The summed E-state index contributed by atoms with van der Waals surface area (Å²) in [7, 11) is 0. The molecule has 142 valence electrons. The lowest BCUT2D eigenvalue weighted by atomic mass is 10.2. The molecule has 0 radical (unpaired) electrons. The zero-order valence-corrected chi connectivity index (χ0v) is 16.2. The van der Waals surface area contributed by atoms with Crippen molar-refractivity contribution < 1.29 is 13.9 Å². The van der Waals surface area contributed by atoms with Crippen LogP contribution in [-0.2, 0) is 4.74 Å². The van der Waals surface area contributed by atoms with Crippen molar-refractivity contribution in [1.82, 2.24) is 15.3 Å². The molecule has 2 aromatic heterocycles. The van der Waals surface area contributed by atoms with Gasteiger partial charge in [0.15, 0.2) is 11.4 Å². The summed E-state index contributed by atoms with van der Waals surface area (Å²) >= 11 is 6.11. The monoisotopic (exact) mass is 388 g/mol. The van der Waals surface area contributed by atoms with Crippen LogP contribution in [-0.4, -0.2) is 40.8 Å². The summed E-state index contributed by atoms with van der Waals surface area (Å²) < 4.78 is 11.3. The average Bonchev–Trinajstić information content (AvgIpc) is 3.17. The minimum Gasteiger partial charge on any atom is -0.450 e. The molecule has 1 fully saturated rings. The van der Waals surface area contributed by atoms with E-state index in [1.165, 1.54) is 6.33 Å². The van der Waals surface area contributed by atoms with Crippen LogP contribution >= 0.6 is 11.6 Å². The molecule has 1 atom stereocenters. The van der Waals surface area contributed by atoms with Crippen molar-refractivity contribution in [1.29, 1.82) is 0 Å². The Morgan fingerprint density at radius 3 is 2.96 bits per heavy atom. The number of furan rings is 1. The maximum absolute atomic E-state index is 12.0. The molecule has 1 amide bonds. The third-order valence-corrected chi connectivity index (χ3v) is 4.64. The number of anilines is 1. The second kappa shape index (κ2) is 6.56. The van der Waals surface area contributed by atoms with E-state index in [2.05, 4.69) is 20.2 Å². The quantitative estimate of drug-likeness (QED) is 0.710. The third-order valence-electron chi connectivity index (χ3n) is 4.40. The first kappa shape index (κ1) is 17.9. The number of fused-ring (bicyclic) bond motifs is 3. The first-order valence-corrected chi connectivity index (χ1v) is 9.25. The van der Waals surface area contributed by atoms with Crippen molar-refractivity contribution in [2.24, 2.45) is 0 Å². The van der Waals surface area contributed by atoms with E-state index in [-0.39, 0.29) is 6.04 Å². The number of halogens is 1. The summed E-state index contributed by atoms with van der Waals surface area (Å²) in [6.07, 6.45) is 1.93. The van der Waals surface area contributed by atoms with Crippen molar-refractivity contribution in [2.45, 2.75) is 38.8 Å². The van der Waals surface area contributed by atoms with E-state index in [1.807, 2.05) is 32.9 Å². The first-order chi connectivity index (χ1) is 12.8. The van der Waals surface area contributed by atoms with Gasteiger partial charge in [-0.3, -0.25) is 0 Å². The fourth-order valence-corrected chi connectivity index (χ4v) is 3.48. The molecule has 0 spiro atoms. The molecule has 0 aliphatic carbocycles. The van der Waals surface area contributed by atoms with Gasteiger partial charge in [-0.05, 0) is 45.4 Å². The molecule has 1 aromatic carbocycles. The van der Waals surface area contributed by atoms with Gasteiger partial charge in [0.1, 0.15) is 23.0 Å². The predicted molar refractivity (Wildman–Crippen MR) is 104 cm³/mol. The number of carbonyl (C=O) groups is 1. The van der Waals surface area contributed by atoms with Crippen LogP contribution in [0.4, 0.5) is 10.6 Å². The number of hydrogen-bond acceptors (Lipinski definition) is 6. The van der Waals surface area contributed by atoms with E-state index < -0.39 is 11.7 Å². The zero-order chi connectivity index (χ0) is 19.2. The smallest absolute Gasteiger partial charge is 0.407 e. The summed E-state index contributed by atoms with van der Waals surface area (Å²) in [5.74, 6) is 0.723. The molecule has 8 heteroatoms. The molecule has 1 saturated heterocycles. The standard InChI is InChI=1S/C19H21ClN4O3/c1-19(2,3)27-18(25)23-12-6-7-24(9-12)17-16-15(21-10-22-17)13-8-11(20)4-5-14(13)26-16/h4-5,8,10,12H,6-7,9H2,1-3H3,(H,23,25). The number of amides is 1. The van der Waals surface area contributed by atoms with Crippen molar-refractivity contribution in [3.8, 4) is 0 Å². The Hall–Kier alpha value is -2.54. The number of nitrogens with one attached hydrogen (secondary N) is 1. The maximum atomic E-state index is 12.0. The highest BCUT2D eigenvalue weighted by Crippen LogP contribution is 2.34. The van der Waals surface area contributed by atoms with E-state index in [1.54, 1.807) is 6.07 Å². The van der Waals surface area contributed by atoms with Crippen LogP contribution in [0.1, 0.15) is 27.2 Å². The average molecular weight is 389 g/mol. The van der Waals surface area contributed by atoms with Gasteiger partial charge in [0.05, 0.1) is 6.04 Å². The van der Waals surface area contributed by atoms with Crippen molar-refractivity contribution >= 4 is 45.6 Å². The highest BCUT2D eigenvalue weighted by Gasteiger charge is 2.29. The fraction of sp³-hybridized carbons (Fsp3) is 0.421. The Bertz CT molecular complexity index is 1010. The Balaban J connectivity index is 1.57. The van der Waals surface area contributed by atoms with Gasteiger partial charge < -0.3 is 19.4 Å². The Labute approximate surface area is 161 Å². The summed E-state index contributed by atoms with van der Waals surface area (Å²) in [6, 6.07) is 5.45. The lowest BCUT2D eigenvalue weighted by molar-refractivity contribution is 0.0509. The lowest BCUT2D eigenvalue weighted by Gasteiger charge is -2.22. The van der Waals surface area contributed by atoms with Gasteiger partial charge in [0.2, 0.25) is 0 Å². The number of carbonyl (C=O) groups excluding carboxylic acids is 1. The lowest BCUT2D eigenvalue weighted by Crippen LogP contribution is -2.40. The first-order valence-electron chi connectivity index (χ1n) is 8.87. The number of aromatic nitrogens is 2. The zero-order valence-electron chi connectivity index (χ0n) is 15.5. The van der Waals surface area contributed by atoms with Crippen LogP contribution in [0, 0.1) is 0 Å². The number of alkyl carbamates (subject to hydrolysis) is 1. The number of ether oxygens (including phenoxy) is 1. The van der Waals surface area contributed by atoms with Gasteiger partial charge >= 0.3 is 6.09 Å². The molecule has 1 N–H and O–H groups in total. The molecular weight excluding hydrogens is 368 g/mol. The van der Waals surface area contributed by atoms with E-state index in [0.29, 0.717) is 17.2 Å². The van der Waals surface area contributed by atoms with Crippen LogP contribution < -0.4 is 10.2 Å². The largest absolute Gasteiger partial charge is 0.450 e. The SMILES string of the molecule is CC(C)(C)OC(=O)NC1CCN(c2ncnc3c2oc2ccc(Cl)cc23)C1. The second-order valence-corrected chi connectivity index (χ2v) is 8.13. The summed E-state index contributed by atoms with van der Waals surface area (Å²) in [6.45, 7) is 6.92. The van der Waals surface area contributed by atoms with Crippen molar-refractivity contribution in [2.75, 3.05) is 18.0 Å². The van der Waals surface area contributed by atoms with Gasteiger partial charge in [-0.2, -0.15) is 0 Å². The molecule has 27 heavy (non-hydrogen) atoms. The Morgan fingerprint density at radius 2 is 2.19 bits per heavy atom. The molecule has 0 saturated carbocycles.